The molecule has 1 amide bonds. The van der Waals surface area contributed by atoms with E-state index in [2.05, 4.69) is 5.32 Å². The number of ether oxygens (including phenoxy) is 2. The van der Waals surface area contributed by atoms with E-state index in [-0.39, 0.29) is 22.4 Å². The monoisotopic (exact) mass is 528 g/mol. The Morgan fingerprint density at radius 2 is 1.86 bits per heavy atom. The fourth-order valence-electron chi connectivity index (χ4n) is 4.34. The quantitative estimate of drug-likeness (QED) is 0.451. The average molecular weight is 529 g/mol. The van der Waals surface area contributed by atoms with Crippen molar-refractivity contribution >= 4 is 33.2 Å². The summed E-state index contributed by atoms with van der Waals surface area (Å²) in [6.07, 6.45) is 0.528. The van der Waals surface area contributed by atoms with Gasteiger partial charge in [-0.2, -0.15) is 0 Å². The maximum absolute atomic E-state index is 13.7. The molecular weight excluding hydrogens is 500 g/mol. The Morgan fingerprint density at radius 3 is 2.56 bits per heavy atom. The highest BCUT2D eigenvalue weighted by Crippen LogP contribution is 2.40. The van der Waals surface area contributed by atoms with Crippen molar-refractivity contribution < 1.29 is 22.7 Å². The normalized spacial score (nSPS) is 16.4. The lowest BCUT2D eigenvalue weighted by Gasteiger charge is -2.38. The van der Waals surface area contributed by atoms with Gasteiger partial charge in [0.15, 0.2) is 0 Å². The third-order valence-corrected chi connectivity index (χ3v) is 8.00. The first-order valence-corrected chi connectivity index (χ1v) is 13.3. The minimum Gasteiger partial charge on any atom is -0.495 e. The molecular formula is C27H29ClN2O5S. The summed E-state index contributed by atoms with van der Waals surface area (Å²) in [6, 6.07) is 18.1. The van der Waals surface area contributed by atoms with E-state index in [4.69, 9.17) is 21.1 Å². The number of amides is 1. The predicted molar refractivity (Wildman–Crippen MR) is 140 cm³/mol. The van der Waals surface area contributed by atoms with Gasteiger partial charge in [-0.1, -0.05) is 41.9 Å². The third kappa shape index (κ3) is 5.44. The molecule has 1 aliphatic rings. The third-order valence-electron chi connectivity index (χ3n) is 5.99. The lowest BCUT2D eigenvalue weighted by atomic mass is 9.89. The standard InChI is InChI=1S/C27H29ClN2O5S/c1-18-10-12-21-22(16-27(2,3)35-25(21)14-18)29-26(31)17-30(23-15-19(28)11-13-24(23)34-4)36(32,33)20-8-6-5-7-9-20/h5-15,22H,16-17H2,1-4H3,(H,29,31). The molecule has 0 radical (unpaired) electrons. The van der Waals surface area contributed by atoms with Crippen molar-refractivity contribution in [1.82, 2.24) is 5.32 Å². The summed E-state index contributed by atoms with van der Waals surface area (Å²) in [5.41, 5.74) is 1.56. The average Bonchev–Trinajstić information content (AvgIpc) is 2.82. The molecule has 1 unspecified atom stereocenters. The molecule has 1 aliphatic heterocycles. The molecule has 0 saturated heterocycles. The summed E-state index contributed by atoms with van der Waals surface area (Å²) in [5, 5.41) is 3.34. The number of nitrogens with zero attached hydrogens (tertiary/aromatic N) is 1. The van der Waals surface area contributed by atoms with Gasteiger partial charge in [-0.05, 0) is 62.7 Å². The molecule has 9 heteroatoms. The molecule has 190 valence electrons. The second kappa shape index (κ2) is 10.0. The molecule has 0 saturated carbocycles. The Labute approximate surface area is 217 Å². The SMILES string of the molecule is COc1ccc(Cl)cc1N(CC(=O)NC1CC(C)(C)Oc2cc(C)ccc21)S(=O)(=O)c1ccccc1. The number of fused-ring (bicyclic) bond motifs is 1. The lowest BCUT2D eigenvalue weighted by molar-refractivity contribution is -0.120. The highest BCUT2D eigenvalue weighted by molar-refractivity contribution is 7.92. The van der Waals surface area contributed by atoms with E-state index in [1.54, 1.807) is 30.3 Å². The minimum atomic E-state index is -4.12. The molecule has 4 rings (SSSR count). The smallest absolute Gasteiger partial charge is 0.264 e. The van der Waals surface area contributed by atoms with E-state index in [1.165, 1.54) is 25.3 Å². The van der Waals surface area contributed by atoms with Crippen LogP contribution in [0.5, 0.6) is 11.5 Å². The van der Waals surface area contributed by atoms with Gasteiger partial charge >= 0.3 is 0 Å². The molecule has 0 fully saturated rings. The molecule has 3 aromatic rings. The molecule has 1 heterocycles. The van der Waals surface area contributed by atoms with E-state index in [1.807, 2.05) is 39.0 Å². The van der Waals surface area contributed by atoms with Crippen molar-refractivity contribution in [2.24, 2.45) is 0 Å². The molecule has 0 aromatic heterocycles. The van der Waals surface area contributed by atoms with E-state index in [0.29, 0.717) is 17.2 Å². The van der Waals surface area contributed by atoms with Crippen LogP contribution >= 0.6 is 11.6 Å². The van der Waals surface area contributed by atoms with Crippen LogP contribution in [-0.4, -0.2) is 33.6 Å². The number of hydrogen-bond donors (Lipinski definition) is 1. The van der Waals surface area contributed by atoms with Gasteiger partial charge in [0.25, 0.3) is 10.0 Å². The number of hydrogen-bond acceptors (Lipinski definition) is 5. The Bertz CT molecular complexity index is 1380. The Hall–Kier alpha value is -3.23. The number of anilines is 1. The molecule has 7 nitrogen and oxygen atoms in total. The summed E-state index contributed by atoms with van der Waals surface area (Å²) in [5.74, 6) is 0.521. The number of sulfonamides is 1. The first kappa shape index (κ1) is 25.9. The van der Waals surface area contributed by atoms with Crippen LogP contribution in [0.3, 0.4) is 0 Å². The van der Waals surface area contributed by atoms with Crippen molar-refractivity contribution in [3.05, 3.63) is 82.9 Å². The van der Waals surface area contributed by atoms with Crippen LogP contribution in [0.25, 0.3) is 0 Å². The van der Waals surface area contributed by atoms with Crippen LogP contribution in [0.4, 0.5) is 5.69 Å². The highest BCUT2D eigenvalue weighted by atomic mass is 35.5. The number of halogens is 1. The van der Waals surface area contributed by atoms with E-state index < -0.39 is 28.1 Å². The van der Waals surface area contributed by atoms with Crippen LogP contribution in [0.2, 0.25) is 5.02 Å². The fraction of sp³-hybridized carbons (Fsp3) is 0.296. The largest absolute Gasteiger partial charge is 0.495 e. The number of methoxy groups -OCH3 is 1. The molecule has 1 N–H and O–H groups in total. The molecule has 0 bridgehead atoms. The lowest BCUT2D eigenvalue weighted by Crippen LogP contribution is -2.45. The second-order valence-corrected chi connectivity index (χ2v) is 11.7. The van der Waals surface area contributed by atoms with Crippen molar-refractivity contribution in [2.45, 2.75) is 43.7 Å². The van der Waals surface area contributed by atoms with Gasteiger partial charge in [-0.3, -0.25) is 9.10 Å². The van der Waals surface area contributed by atoms with Gasteiger partial charge in [0, 0.05) is 17.0 Å². The molecule has 0 aliphatic carbocycles. The number of nitrogens with one attached hydrogen (secondary N) is 1. The number of carbonyl (C=O) groups is 1. The summed E-state index contributed by atoms with van der Waals surface area (Å²) in [7, 11) is -2.69. The summed E-state index contributed by atoms with van der Waals surface area (Å²) >= 11 is 6.21. The summed E-state index contributed by atoms with van der Waals surface area (Å²) in [6.45, 7) is 5.43. The minimum absolute atomic E-state index is 0.0489. The highest BCUT2D eigenvalue weighted by Gasteiger charge is 2.36. The van der Waals surface area contributed by atoms with Crippen LogP contribution in [-0.2, 0) is 14.8 Å². The molecule has 3 aromatic carbocycles. The number of carbonyl (C=O) groups excluding carboxylic acids is 1. The first-order valence-electron chi connectivity index (χ1n) is 11.5. The van der Waals surface area contributed by atoms with Crippen molar-refractivity contribution in [3.8, 4) is 11.5 Å². The zero-order valence-electron chi connectivity index (χ0n) is 20.6. The van der Waals surface area contributed by atoms with Crippen LogP contribution in [0.15, 0.2) is 71.6 Å². The fourth-order valence-corrected chi connectivity index (χ4v) is 5.95. The van der Waals surface area contributed by atoms with Gasteiger partial charge in [-0.15, -0.1) is 0 Å². The summed E-state index contributed by atoms with van der Waals surface area (Å²) < 4.78 is 40.0. The Balaban J connectivity index is 1.70. The van der Waals surface area contributed by atoms with Crippen LogP contribution in [0.1, 0.15) is 37.4 Å². The van der Waals surface area contributed by atoms with E-state index >= 15 is 0 Å². The molecule has 0 spiro atoms. The van der Waals surface area contributed by atoms with Crippen molar-refractivity contribution in [1.29, 1.82) is 0 Å². The van der Waals surface area contributed by atoms with E-state index in [9.17, 15) is 13.2 Å². The number of rotatable bonds is 7. The second-order valence-electron chi connectivity index (χ2n) is 9.37. The van der Waals surface area contributed by atoms with Crippen LogP contribution < -0.4 is 19.1 Å². The zero-order chi connectivity index (χ0) is 26.1. The van der Waals surface area contributed by atoms with Gasteiger partial charge in [0.05, 0.1) is 23.7 Å². The first-order chi connectivity index (χ1) is 17.0. The number of benzene rings is 3. The molecule has 36 heavy (non-hydrogen) atoms. The zero-order valence-corrected chi connectivity index (χ0v) is 22.2. The maximum atomic E-state index is 13.7. The predicted octanol–water partition coefficient (Wildman–Crippen LogP) is 5.27. The van der Waals surface area contributed by atoms with E-state index in [0.717, 1.165) is 15.4 Å². The Kier molecular flexibility index (Phi) is 7.20. The summed E-state index contributed by atoms with van der Waals surface area (Å²) in [4.78, 5) is 13.5. The van der Waals surface area contributed by atoms with Gasteiger partial charge in [0.1, 0.15) is 23.6 Å². The van der Waals surface area contributed by atoms with Gasteiger partial charge in [-0.25, -0.2) is 8.42 Å². The Morgan fingerprint density at radius 1 is 1.14 bits per heavy atom. The van der Waals surface area contributed by atoms with Crippen molar-refractivity contribution in [2.75, 3.05) is 18.0 Å². The van der Waals surface area contributed by atoms with Gasteiger partial charge < -0.3 is 14.8 Å². The topological polar surface area (TPSA) is 84.9 Å². The maximum Gasteiger partial charge on any atom is 0.264 e. The number of aryl methyl sites for hydroxylation is 1. The van der Waals surface area contributed by atoms with Gasteiger partial charge in [0.2, 0.25) is 5.91 Å². The van der Waals surface area contributed by atoms with Crippen LogP contribution in [0, 0.1) is 6.92 Å². The molecule has 1 atom stereocenters. The van der Waals surface area contributed by atoms with Crippen molar-refractivity contribution in [3.63, 3.8) is 0 Å².